The maximum Gasteiger partial charge on any atom is 0.0243 e. The molecule has 2 unspecified atom stereocenters. The molecule has 0 fully saturated rings. The average molecular weight is 256 g/mol. The van der Waals surface area contributed by atoms with Gasteiger partial charge < -0.3 is 10.2 Å². The summed E-state index contributed by atoms with van der Waals surface area (Å²) in [5.74, 6) is 0. The Labute approximate surface area is 116 Å². The van der Waals surface area contributed by atoms with Gasteiger partial charge in [0.25, 0.3) is 0 Å². The van der Waals surface area contributed by atoms with Gasteiger partial charge in [-0.25, -0.2) is 0 Å². The van der Waals surface area contributed by atoms with Crippen LogP contribution in [0.3, 0.4) is 0 Å². The van der Waals surface area contributed by atoms with Gasteiger partial charge in [-0.05, 0) is 38.3 Å². The number of rotatable bonds is 9. The third kappa shape index (κ3) is 7.38. The Morgan fingerprint density at radius 1 is 1.06 bits per heavy atom. The lowest BCUT2D eigenvalue weighted by atomic mass is 9.93. The van der Waals surface area contributed by atoms with Crippen LogP contribution >= 0.6 is 0 Å². The van der Waals surface area contributed by atoms with Crippen molar-refractivity contribution in [2.75, 3.05) is 20.1 Å². The molecule has 0 rings (SSSR count). The molecule has 0 aliphatic heterocycles. The smallest absolute Gasteiger partial charge is 0.0243 e. The fourth-order valence-electron chi connectivity index (χ4n) is 2.84. The van der Waals surface area contributed by atoms with Gasteiger partial charge in [0, 0.05) is 18.6 Å². The van der Waals surface area contributed by atoms with Gasteiger partial charge in [-0.2, -0.15) is 0 Å². The third-order valence-electron chi connectivity index (χ3n) is 3.43. The SMILES string of the molecule is CCCNC(CCC)C(CC)N(C)CC(C)(C)C. The van der Waals surface area contributed by atoms with Crippen LogP contribution in [-0.4, -0.2) is 37.1 Å². The fourth-order valence-corrected chi connectivity index (χ4v) is 2.84. The quantitative estimate of drug-likeness (QED) is 0.673. The van der Waals surface area contributed by atoms with Crippen LogP contribution in [0, 0.1) is 5.41 Å². The van der Waals surface area contributed by atoms with E-state index in [1.807, 2.05) is 0 Å². The minimum absolute atomic E-state index is 0.379. The van der Waals surface area contributed by atoms with E-state index in [9.17, 15) is 0 Å². The van der Waals surface area contributed by atoms with Crippen molar-refractivity contribution in [3.63, 3.8) is 0 Å². The molecule has 0 saturated carbocycles. The molecule has 110 valence electrons. The summed E-state index contributed by atoms with van der Waals surface area (Å²) < 4.78 is 0. The Balaban J connectivity index is 4.55. The van der Waals surface area contributed by atoms with E-state index >= 15 is 0 Å². The van der Waals surface area contributed by atoms with Gasteiger partial charge in [-0.3, -0.25) is 0 Å². The van der Waals surface area contributed by atoms with Gasteiger partial charge in [-0.1, -0.05) is 48.0 Å². The van der Waals surface area contributed by atoms with E-state index in [2.05, 4.69) is 58.8 Å². The summed E-state index contributed by atoms with van der Waals surface area (Å²) in [6.07, 6.45) is 5.00. The highest BCUT2D eigenvalue weighted by Crippen LogP contribution is 2.19. The molecular formula is C16H36N2. The molecule has 0 aliphatic rings. The van der Waals surface area contributed by atoms with Crippen molar-refractivity contribution in [2.24, 2.45) is 5.41 Å². The number of hydrogen-bond acceptors (Lipinski definition) is 2. The Morgan fingerprint density at radius 3 is 2.06 bits per heavy atom. The lowest BCUT2D eigenvalue weighted by Crippen LogP contribution is -2.50. The molecule has 0 bridgehead atoms. The molecule has 0 saturated heterocycles. The van der Waals surface area contributed by atoms with Gasteiger partial charge in [-0.15, -0.1) is 0 Å². The summed E-state index contributed by atoms with van der Waals surface area (Å²) in [7, 11) is 2.29. The zero-order valence-corrected chi connectivity index (χ0v) is 13.8. The van der Waals surface area contributed by atoms with E-state index < -0.39 is 0 Å². The zero-order chi connectivity index (χ0) is 14.2. The Morgan fingerprint density at radius 2 is 1.67 bits per heavy atom. The molecule has 0 aromatic rings. The lowest BCUT2D eigenvalue weighted by molar-refractivity contribution is 0.133. The van der Waals surface area contributed by atoms with Crippen molar-refractivity contribution in [2.45, 2.75) is 79.3 Å². The van der Waals surface area contributed by atoms with Crippen LogP contribution in [-0.2, 0) is 0 Å². The van der Waals surface area contributed by atoms with E-state index in [0.717, 1.165) is 6.54 Å². The molecule has 2 nitrogen and oxygen atoms in total. The topological polar surface area (TPSA) is 15.3 Å². The van der Waals surface area contributed by atoms with Crippen LogP contribution in [0.5, 0.6) is 0 Å². The normalized spacial score (nSPS) is 16.0. The second-order valence-electron chi connectivity index (χ2n) is 6.80. The van der Waals surface area contributed by atoms with Crippen molar-refractivity contribution in [3.05, 3.63) is 0 Å². The van der Waals surface area contributed by atoms with Crippen molar-refractivity contribution in [3.8, 4) is 0 Å². The van der Waals surface area contributed by atoms with E-state index in [-0.39, 0.29) is 0 Å². The van der Waals surface area contributed by atoms with E-state index in [1.165, 1.54) is 32.2 Å². The van der Waals surface area contributed by atoms with Crippen LogP contribution in [0.15, 0.2) is 0 Å². The summed E-state index contributed by atoms with van der Waals surface area (Å²) in [6.45, 7) is 16.1. The Kier molecular flexibility index (Phi) is 8.89. The molecule has 0 aromatic carbocycles. The zero-order valence-electron chi connectivity index (χ0n) is 13.8. The Hall–Kier alpha value is -0.0800. The van der Waals surface area contributed by atoms with Crippen LogP contribution in [0.25, 0.3) is 0 Å². The highest BCUT2D eigenvalue weighted by molar-refractivity contribution is 4.84. The summed E-state index contributed by atoms with van der Waals surface area (Å²) in [5, 5.41) is 3.75. The predicted molar refractivity (Wildman–Crippen MR) is 83.2 cm³/mol. The predicted octanol–water partition coefficient (Wildman–Crippen LogP) is 3.91. The average Bonchev–Trinajstić information content (AvgIpc) is 2.24. The molecule has 2 heteroatoms. The molecule has 0 spiro atoms. The number of nitrogens with zero attached hydrogens (tertiary/aromatic N) is 1. The number of hydrogen-bond donors (Lipinski definition) is 1. The first kappa shape index (κ1) is 17.9. The summed E-state index contributed by atoms with van der Waals surface area (Å²) in [6, 6.07) is 1.31. The van der Waals surface area contributed by atoms with Crippen molar-refractivity contribution in [1.82, 2.24) is 10.2 Å². The van der Waals surface area contributed by atoms with Crippen molar-refractivity contribution in [1.29, 1.82) is 0 Å². The van der Waals surface area contributed by atoms with Gasteiger partial charge in [0.05, 0.1) is 0 Å². The first-order chi connectivity index (χ1) is 8.35. The second kappa shape index (κ2) is 8.92. The van der Waals surface area contributed by atoms with Crippen molar-refractivity contribution < 1.29 is 0 Å². The second-order valence-corrected chi connectivity index (χ2v) is 6.80. The minimum atomic E-state index is 0.379. The van der Waals surface area contributed by atoms with E-state index in [0.29, 0.717) is 17.5 Å². The fraction of sp³-hybridized carbons (Fsp3) is 1.00. The molecule has 0 aliphatic carbocycles. The van der Waals surface area contributed by atoms with E-state index in [1.54, 1.807) is 0 Å². The highest BCUT2D eigenvalue weighted by atomic mass is 15.2. The molecule has 0 radical (unpaired) electrons. The van der Waals surface area contributed by atoms with Crippen LogP contribution in [0.4, 0.5) is 0 Å². The molecule has 2 atom stereocenters. The first-order valence-electron chi connectivity index (χ1n) is 7.79. The number of likely N-dealkylation sites (N-methyl/N-ethyl adjacent to an activating group) is 1. The monoisotopic (exact) mass is 256 g/mol. The van der Waals surface area contributed by atoms with E-state index in [4.69, 9.17) is 0 Å². The minimum Gasteiger partial charge on any atom is -0.312 e. The summed E-state index contributed by atoms with van der Waals surface area (Å²) >= 11 is 0. The standard InChI is InChI=1S/C16H36N2/c1-8-11-14(17-12-9-2)15(10-3)18(7)13-16(4,5)6/h14-15,17H,8-13H2,1-7H3. The summed E-state index contributed by atoms with van der Waals surface area (Å²) in [5.41, 5.74) is 0.379. The van der Waals surface area contributed by atoms with Gasteiger partial charge in [0.1, 0.15) is 0 Å². The van der Waals surface area contributed by atoms with Crippen LogP contribution < -0.4 is 5.32 Å². The molecule has 0 amide bonds. The summed E-state index contributed by atoms with van der Waals surface area (Å²) in [4.78, 5) is 2.56. The molecular weight excluding hydrogens is 220 g/mol. The first-order valence-corrected chi connectivity index (χ1v) is 7.79. The molecule has 1 N–H and O–H groups in total. The van der Waals surface area contributed by atoms with Crippen LogP contribution in [0.1, 0.15) is 67.2 Å². The molecule has 18 heavy (non-hydrogen) atoms. The van der Waals surface area contributed by atoms with Gasteiger partial charge in [0.15, 0.2) is 0 Å². The van der Waals surface area contributed by atoms with Crippen LogP contribution in [0.2, 0.25) is 0 Å². The third-order valence-corrected chi connectivity index (χ3v) is 3.43. The van der Waals surface area contributed by atoms with Gasteiger partial charge >= 0.3 is 0 Å². The molecule has 0 aromatic heterocycles. The highest BCUT2D eigenvalue weighted by Gasteiger charge is 2.25. The maximum absolute atomic E-state index is 3.75. The Bertz CT molecular complexity index is 196. The number of nitrogens with one attached hydrogen (secondary N) is 1. The largest absolute Gasteiger partial charge is 0.312 e. The lowest BCUT2D eigenvalue weighted by Gasteiger charge is -2.38. The molecule has 0 heterocycles. The van der Waals surface area contributed by atoms with Crippen molar-refractivity contribution >= 4 is 0 Å². The maximum atomic E-state index is 3.75. The van der Waals surface area contributed by atoms with Gasteiger partial charge in [0.2, 0.25) is 0 Å².